The summed E-state index contributed by atoms with van der Waals surface area (Å²) in [5.41, 5.74) is 1.41. The molecule has 0 unspecified atom stereocenters. The molecule has 0 fully saturated rings. The molecular formula is C15H20N4O2S. The Kier molecular flexibility index (Phi) is 5.10. The molecule has 0 radical (unpaired) electrons. The van der Waals surface area contributed by atoms with Gasteiger partial charge in [-0.3, -0.25) is 4.98 Å². The van der Waals surface area contributed by atoms with Gasteiger partial charge in [-0.25, -0.2) is 13.4 Å². The van der Waals surface area contributed by atoms with Crippen LogP contribution in [0, 0.1) is 0 Å². The van der Waals surface area contributed by atoms with E-state index >= 15 is 0 Å². The Balaban J connectivity index is 2.22. The summed E-state index contributed by atoms with van der Waals surface area (Å²) in [5.74, 6) is 0.795. The van der Waals surface area contributed by atoms with Crippen molar-refractivity contribution in [3.05, 3.63) is 54.0 Å². The molecule has 0 aliphatic rings. The second-order valence-electron chi connectivity index (χ2n) is 5.23. The third kappa shape index (κ3) is 4.51. The minimum atomic E-state index is -3.35. The van der Waals surface area contributed by atoms with Crippen LogP contribution in [0.3, 0.4) is 0 Å². The van der Waals surface area contributed by atoms with E-state index in [0.717, 1.165) is 5.82 Å². The molecule has 2 aromatic rings. The molecule has 118 valence electrons. The van der Waals surface area contributed by atoms with E-state index in [9.17, 15) is 8.42 Å². The van der Waals surface area contributed by atoms with E-state index in [-0.39, 0.29) is 13.1 Å². The van der Waals surface area contributed by atoms with E-state index < -0.39 is 10.0 Å². The summed E-state index contributed by atoms with van der Waals surface area (Å²) >= 11 is 0. The van der Waals surface area contributed by atoms with Crippen molar-refractivity contribution < 1.29 is 8.42 Å². The first-order valence-corrected chi connectivity index (χ1v) is 8.69. The van der Waals surface area contributed by atoms with Gasteiger partial charge < -0.3 is 4.90 Å². The maximum absolute atomic E-state index is 12.0. The van der Waals surface area contributed by atoms with E-state index in [1.807, 2.05) is 49.3 Å². The summed E-state index contributed by atoms with van der Waals surface area (Å²) in [7, 11) is 0.440. The lowest BCUT2D eigenvalue weighted by Crippen LogP contribution is -2.30. The van der Waals surface area contributed by atoms with Crippen LogP contribution in [0.4, 0.5) is 5.82 Å². The fourth-order valence-corrected chi connectivity index (χ4v) is 2.68. The predicted molar refractivity (Wildman–Crippen MR) is 86.9 cm³/mol. The maximum atomic E-state index is 12.0. The van der Waals surface area contributed by atoms with Crippen molar-refractivity contribution >= 4 is 15.8 Å². The fourth-order valence-electron chi connectivity index (χ4n) is 1.95. The normalized spacial score (nSPS) is 11.6. The zero-order chi connectivity index (χ0) is 16.2. The summed E-state index contributed by atoms with van der Waals surface area (Å²) in [6, 6.07) is 11.0. The number of nitrogens with zero attached hydrogens (tertiary/aromatic N) is 4. The fraction of sp³-hybridized carbons (Fsp3) is 0.333. The Labute approximate surface area is 131 Å². The molecular weight excluding hydrogens is 300 g/mol. The Hall–Kier alpha value is -1.99. The smallest absolute Gasteiger partial charge is 0.211 e. The summed E-state index contributed by atoms with van der Waals surface area (Å²) in [6.45, 7) is 0.449. The van der Waals surface area contributed by atoms with Crippen molar-refractivity contribution in [3.8, 4) is 0 Å². The average molecular weight is 320 g/mol. The van der Waals surface area contributed by atoms with Crippen LogP contribution in [0.5, 0.6) is 0 Å². The maximum Gasteiger partial charge on any atom is 0.211 e. The number of pyridine rings is 2. The van der Waals surface area contributed by atoms with Gasteiger partial charge in [0.15, 0.2) is 0 Å². The largest absolute Gasteiger partial charge is 0.363 e. The van der Waals surface area contributed by atoms with Gasteiger partial charge in [0.25, 0.3) is 0 Å². The van der Waals surface area contributed by atoms with Crippen molar-refractivity contribution in [2.75, 3.05) is 25.3 Å². The summed E-state index contributed by atoms with van der Waals surface area (Å²) < 4.78 is 25.4. The third-order valence-electron chi connectivity index (χ3n) is 3.12. The van der Waals surface area contributed by atoms with Crippen molar-refractivity contribution in [1.29, 1.82) is 0 Å². The molecule has 0 aliphatic carbocycles. The molecule has 0 bridgehead atoms. The second-order valence-corrected chi connectivity index (χ2v) is 7.22. The lowest BCUT2D eigenvalue weighted by molar-refractivity contribution is 0.396. The number of hydrogen-bond acceptors (Lipinski definition) is 5. The molecule has 2 heterocycles. The average Bonchev–Trinajstić information content (AvgIpc) is 2.47. The van der Waals surface area contributed by atoms with E-state index in [0.29, 0.717) is 11.4 Å². The number of hydrogen-bond donors (Lipinski definition) is 0. The van der Waals surface area contributed by atoms with Crippen molar-refractivity contribution in [2.24, 2.45) is 0 Å². The molecule has 0 N–H and O–H groups in total. The molecule has 0 amide bonds. The topological polar surface area (TPSA) is 66.4 Å². The van der Waals surface area contributed by atoms with Gasteiger partial charge in [0.1, 0.15) is 5.82 Å². The first kappa shape index (κ1) is 16.4. The Bertz CT molecular complexity index is 717. The van der Waals surface area contributed by atoms with E-state index in [1.54, 1.807) is 12.3 Å². The molecule has 6 nitrogen and oxygen atoms in total. The minimum Gasteiger partial charge on any atom is -0.363 e. The molecule has 0 saturated heterocycles. The van der Waals surface area contributed by atoms with Crippen LogP contribution in [-0.2, 0) is 23.1 Å². The first-order valence-electron chi connectivity index (χ1n) is 6.84. The molecule has 0 saturated carbocycles. The molecule has 2 rings (SSSR count). The van der Waals surface area contributed by atoms with Crippen LogP contribution >= 0.6 is 0 Å². The highest BCUT2D eigenvalue weighted by Crippen LogP contribution is 2.14. The third-order valence-corrected chi connectivity index (χ3v) is 4.32. The van der Waals surface area contributed by atoms with Crippen LogP contribution in [0.15, 0.2) is 42.6 Å². The van der Waals surface area contributed by atoms with Gasteiger partial charge in [0.05, 0.1) is 30.7 Å². The molecule has 0 aliphatic heterocycles. The molecule has 0 spiro atoms. The monoisotopic (exact) mass is 320 g/mol. The van der Waals surface area contributed by atoms with Crippen molar-refractivity contribution in [2.45, 2.75) is 13.1 Å². The lowest BCUT2D eigenvalue weighted by atomic mass is 10.3. The van der Waals surface area contributed by atoms with Crippen LogP contribution in [0.2, 0.25) is 0 Å². The number of aromatic nitrogens is 2. The highest BCUT2D eigenvalue weighted by atomic mass is 32.2. The van der Waals surface area contributed by atoms with Gasteiger partial charge in [-0.1, -0.05) is 12.1 Å². The predicted octanol–water partition coefficient (Wildman–Crippen LogP) is 1.50. The van der Waals surface area contributed by atoms with Gasteiger partial charge in [-0.2, -0.15) is 4.31 Å². The summed E-state index contributed by atoms with van der Waals surface area (Å²) in [4.78, 5) is 10.5. The van der Waals surface area contributed by atoms with E-state index in [4.69, 9.17) is 0 Å². The zero-order valence-electron chi connectivity index (χ0n) is 13.0. The number of anilines is 1. The molecule has 0 atom stereocenters. The van der Waals surface area contributed by atoms with Crippen molar-refractivity contribution in [3.63, 3.8) is 0 Å². The molecule has 22 heavy (non-hydrogen) atoms. The zero-order valence-corrected chi connectivity index (χ0v) is 13.8. The van der Waals surface area contributed by atoms with Gasteiger partial charge in [0, 0.05) is 20.3 Å². The molecule has 7 heteroatoms. The van der Waals surface area contributed by atoms with Crippen LogP contribution < -0.4 is 4.90 Å². The number of rotatable bonds is 6. The first-order chi connectivity index (χ1) is 10.4. The summed E-state index contributed by atoms with van der Waals surface area (Å²) in [6.07, 6.45) is 2.85. The molecule has 2 aromatic heterocycles. The van der Waals surface area contributed by atoms with Gasteiger partial charge in [0.2, 0.25) is 10.0 Å². The lowest BCUT2D eigenvalue weighted by Gasteiger charge is -2.20. The van der Waals surface area contributed by atoms with Gasteiger partial charge in [-0.05, 0) is 24.3 Å². The van der Waals surface area contributed by atoms with Crippen LogP contribution in [0.1, 0.15) is 11.4 Å². The quantitative estimate of drug-likeness (QED) is 0.807. The number of sulfonamides is 1. The minimum absolute atomic E-state index is 0.219. The van der Waals surface area contributed by atoms with Crippen molar-refractivity contribution in [1.82, 2.24) is 14.3 Å². The standard InChI is InChI=1S/C15H20N4O2S/c1-18(2)15-9-6-8-14(17-15)12-19(22(3,20)21)11-13-7-4-5-10-16-13/h4-10H,11-12H2,1-3H3. The SMILES string of the molecule is CN(C)c1cccc(CN(Cc2ccccn2)S(C)(=O)=O)n1. The second kappa shape index (κ2) is 6.85. The summed E-state index contributed by atoms with van der Waals surface area (Å²) in [5, 5.41) is 0. The van der Waals surface area contributed by atoms with Gasteiger partial charge >= 0.3 is 0 Å². The Morgan fingerprint density at radius 3 is 2.27 bits per heavy atom. The molecule has 0 aromatic carbocycles. The van der Waals surface area contributed by atoms with Crippen LogP contribution in [-0.4, -0.2) is 43.0 Å². The Morgan fingerprint density at radius 2 is 1.68 bits per heavy atom. The van der Waals surface area contributed by atoms with E-state index in [2.05, 4.69) is 9.97 Å². The van der Waals surface area contributed by atoms with Gasteiger partial charge in [-0.15, -0.1) is 0 Å². The highest BCUT2D eigenvalue weighted by Gasteiger charge is 2.19. The highest BCUT2D eigenvalue weighted by molar-refractivity contribution is 7.88. The Morgan fingerprint density at radius 1 is 1.00 bits per heavy atom. The van der Waals surface area contributed by atoms with Crippen LogP contribution in [0.25, 0.3) is 0 Å². The van der Waals surface area contributed by atoms with E-state index in [1.165, 1.54) is 10.6 Å².